The van der Waals surface area contributed by atoms with Crippen molar-refractivity contribution in [3.8, 4) is 17.2 Å². The van der Waals surface area contributed by atoms with E-state index >= 15 is 0 Å². The first-order valence-corrected chi connectivity index (χ1v) is 10.6. The van der Waals surface area contributed by atoms with Crippen molar-refractivity contribution < 1.29 is 19.0 Å². The van der Waals surface area contributed by atoms with E-state index in [0.29, 0.717) is 19.6 Å². The summed E-state index contributed by atoms with van der Waals surface area (Å²) in [4.78, 5) is 17.4. The maximum Gasteiger partial charge on any atom is 0.227 e. The Labute approximate surface area is 178 Å². The summed E-state index contributed by atoms with van der Waals surface area (Å²) >= 11 is 0. The maximum absolute atomic E-state index is 13.0. The number of nitrogens with zero attached hydrogens (tertiary/aromatic N) is 2. The molecule has 6 nitrogen and oxygen atoms in total. The summed E-state index contributed by atoms with van der Waals surface area (Å²) < 4.78 is 16.6. The van der Waals surface area contributed by atoms with Gasteiger partial charge in [0.2, 0.25) is 5.91 Å². The van der Waals surface area contributed by atoms with E-state index in [1.54, 1.807) is 7.11 Å². The highest BCUT2D eigenvalue weighted by Crippen LogP contribution is 2.32. The average Bonchev–Trinajstić information content (AvgIpc) is 2.77. The van der Waals surface area contributed by atoms with E-state index in [1.165, 1.54) is 5.56 Å². The van der Waals surface area contributed by atoms with Crippen molar-refractivity contribution >= 4 is 5.91 Å². The molecular formula is C24H30N2O4. The van der Waals surface area contributed by atoms with E-state index < -0.39 is 0 Å². The van der Waals surface area contributed by atoms with Crippen LogP contribution >= 0.6 is 0 Å². The molecule has 30 heavy (non-hydrogen) atoms. The Morgan fingerprint density at radius 3 is 2.60 bits per heavy atom. The van der Waals surface area contributed by atoms with Crippen LogP contribution in [0.5, 0.6) is 17.2 Å². The van der Waals surface area contributed by atoms with Gasteiger partial charge in [-0.25, -0.2) is 0 Å². The van der Waals surface area contributed by atoms with Gasteiger partial charge in [-0.3, -0.25) is 9.69 Å². The van der Waals surface area contributed by atoms with Crippen molar-refractivity contribution in [1.29, 1.82) is 0 Å². The predicted octanol–water partition coefficient (Wildman–Crippen LogP) is 3.13. The minimum atomic E-state index is 0.147. The lowest BCUT2D eigenvalue weighted by atomic mass is 10.0. The first-order valence-electron chi connectivity index (χ1n) is 10.6. The second kappa shape index (κ2) is 8.96. The number of fused-ring (bicyclic) bond motifs is 1. The Kier molecular flexibility index (Phi) is 6.13. The summed E-state index contributed by atoms with van der Waals surface area (Å²) in [6.45, 7) is 7.96. The van der Waals surface area contributed by atoms with Crippen LogP contribution in [-0.4, -0.2) is 61.2 Å². The standard InChI is InChI=1S/C24H30N2O4/c1-17-18(2)26(24(27)15-19-5-4-6-21(13-19)28-3)10-9-25(17)16-20-7-8-22-23(14-20)30-12-11-29-22/h4-8,13-14,17-18H,9-12,15-16H2,1-3H3/t17-,18-/m1/s1. The number of hydrogen-bond acceptors (Lipinski definition) is 5. The number of carbonyl (C=O) groups excluding carboxylic acids is 1. The van der Waals surface area contributed by atoms with Crippen LogP contribution in [0.4, 0.5) is 0 Å². The monoisotopic (exact) mass is 410 g/mol. The van der Waals surface area contributed by atoms with Crippen LogP contribution in [0.15, 0.2) is 42.5 Å². The highest BCUT2D eigenvalue weighted by atomic mass is 16.6. The molecule has 160 valence electrons. The third-order valence-electron chi connectivity index (χ3n) is 6.20. The molecular weight excluding hydrogens is 380 g/mol. The molecule has 0 aliphatic carbocycles. The van der Waals surface area contributed by atoms with Gasteiger partial charge in [-0.05, 0) is 49.2 Å². The van der Waals surface area contributed by atoms with Gasteiger partial charge in [0.1, 0.15) is 19.0 Å². The van der Waals surface area contributed by atoms with Gasteiger partial charge in [0, 0.05) is 31.7 Å². The van der Waals surface area contributed by atoms with E-state index in [0.717, 1.165) is 42.4 Å². The fourth-order valence-electron chi connectivity index (χ4n) is 4.26. The molecule has 0 spiro atoms. The number of ether oxygens (including phenoxy) is 3. The van der Waals surface area contributed by atoms with Gasteiger partial charge in [0.15, 0.2) is 11.5 Å². The second-order valence-corrected chi connectivity index (χ2v) is 8.05. The Morgan fingerprint density at radius 1 is 1.00 bits per heavy atom. The molecule has 0 bridgehead atoms. The van der Waals surface area contributed by atoms with Gasteiger partial charge in [0.05, 0.1) is 13.5 Å². The fraction of sp³-hybridized carbons (Fsp3) is 0.458. The van der Waals surface area contributed by atoms with E-state index in [1.807, 2.05) is 35.2 Å². The quantitative estimate of drug-likeness (QED) is 0.758. The van der Waals surface area contributed by atoms with Gasteiger partial charge >= 0.3 is 0 Å². The van der Waals surface area contributed by atoms with E-state index in [2.05, 4.69) is 30.9 Å². The lowest BCUT2D eigenvalue weighted by Crippen LogP contribution is -2.58. The van der Waals surface area contributed by atoms with Crippen molar-refractivity contribution in [2.75, 3.05) is 33.4 Å². The molecule has 0 radical (unpaired) electrons. The van der Waals surface area contributed by atoms with Crippen molar-refractivity contribution in [2.45, 2.75) is 38.9 Å². The topological polar surface area (TPSA) is 51.2 Å². The Hall–Kier alpha value is -2.73. The molecule has 1 amide bonds. The molecule has 4 rings (SSSR count). The van der Waals surface area contributed by atoms with Crippen molar-refractivity contribution in [3.05, 3.63) is 53.6 Å². The zero-order valence-electron chi connectivity index (χ0n) is 18.0. The summed E-state index contributed by atoms with van der Waals surface area (Å²) in [5, 5.41) is 0. The van der Waals surface area contributed by atoms with E-state index in [-0.39, 0.29) is 18.0 Å². The Balaban J connectivity index is 1.38. The molecule has 0 saturated carbocycles. The Bertz CT molecular complexity index is 901. The number of amides is 1. The minimum absolute atomic E-state index is 0.147. The van der Waals surface area contributed by atoms with Crippen LogP contribution in [0, 0.1) is 0 Å². The van der Waals surface area contributed by atoms with Crippen molar-refractivity contribution in [2.24, 2.45) is 0 Å². The van der Waals surface area contributed by atoms with Crippen LogP contribution in [0.2, 0.25) is 0 Å². The van der Waals surface area contributed by atoms with Crippen molar-refractivity contribution in [1.82, 2.24) is 9.80 Å². The number of benzene rings is 2. The summed E-state index contributed by atoms with van der Waals surface area (Å²) in [6, 6.07) is 14.3. The van der Waals surface area contributed by atoms with Gasteiger partial charge in [-0.2, -0.15) is 0 Å². The summed E-state index contributed by atoms with van der Waals surface area (Å²) in [5.74, 6) is 2.60. The zero-order chi connectivity index (χ0) is 21.1. The maximum atomic E-state index is 13.0. The summed E-state index contributed by atoms with van der Waals surface area (Å²) in [7, 11) is 1.64. The van der Waals surface area contributed by atoms with Crippen LogP contribution in [0.1, 0.15) is 25.0 Å². The molecule has 1 fully saturated rings. The second-order valence-electron chi connectivity index (χ2n) is 8.05. The zero-order valence-corrected chi connectivity index (χ0v) is 18.0. The lowest BCUT2D eigenvalue weighted by Gasteiger charge is -2.45. The largest absolute Gasteiger partial charge is 0.497 e. The Morgan fingerprint density at radius 2 is 1.80 bits per heavy atom. The van der Waals surface area contributed by atoms with Crippen LogP contribution < -0.4 is 14.2 Å². The third-order valence-corrected chi connectivity index (χ3v) is 6.20. The van der Waals surface area contributed by atoms with Crippen molar-refractivity contribution in [3.63, 3.8) is 0 Å². The molecule has 2 aliphatic rings. The summed E-state index contributed by atoms with van der Waals surface area (Å²) in [5.41, 5.74) is 2.19. The number of piperazine rings is 1. The predicted molar refractivity (Wildman–Crippen MR) is 115 cm³/mol. The lowest BCUT2D eigenvalue weighted by molar-refractivity contribution is -0.136. The molecule has 0 aromatic heterocycles. The SMILES string of the molecule is COc1cccc(CC(=O)N2CCN(Cc3ccc4c(c3)OCCO4)[C@H](C)[C@H]2C)c1. The highest BCUT2D eigenvalue weighted by molar-refractivity contribution is 5.79. The molecule has 1 saturated heterocycles. The van der Waals surface area contributed by atoms with Gasteiger partial charge in [-0.15, -0.1) is 0 Å². The van der Waals surface area contributed by atoms with Gasteiger partial charge < -0.3 is 19.1 Å². The van der Waals surface area contributed by atoms with E-state index in [9.17, 15) is 4.79 Å². The van der Waals surface area contributed by atoms with Gasteiger partial charge in [-0.1, -0.05) is 18.2 Å². The first kappa shape index (κ1) is 20.5. The van der Waals surface area contributed by atoms with Crippen LogP contribution in [-0.2, 0) is 17.8 Å². The average molecular weight is 411 g/mol. The first-order chi connectivity index (χ1) is 14.5. The molecule has 2 aromatic carbocycles. The minimum Gasteiger partial charge on any atom is -0.497 e. The van der Waals surface area contributed by atoms with Crippen LogP contribution in [0.3, 0.4) is 0 Å². The number of hydrogen-bond donors (Lipinski definition) is 0. The van der Waals surface area contributed by atoms with E-state index in [4.69, 9.17) is 14.2 Å². The number of methoxy groups -OCH3 is 1. The summed E-state index contributed by atoms with van der Waals surface area (Å²) in [6.07, 6.45) is 0.399. The molecule has 0 N–H and O–H groups in total. The molecule has 0 unspecified atom stereocenters. The highest BCUT2D eigenvalue weighted by Gasteiger charge is 2.33. The third kappa shape index (κ3) is 4.38. The molecule has 2 heterocycles. The molecule has 6 heteroatoms. The van der Waals surface area contributed by atoms with Crippen LogP contribution in [0.25, 0.3) is 0 Å². The normalized spacial score (nSPS) is 21.4. The number of rotatable bonds is 5. The number of carbonyl (C=O) groups is 1. The molecule has 2 aliphatic heterocycles. The smallest absolute Gasteiger partial charge is 0.227 e. The molecule has 2 aromatic rings. The molecule has 2 atom stereocenters. The van der Waals surface area contributed by atoms with Gasteiger partial charge in [0.25, 0.3) is 0 Å². The fourth-order valence-corrected chi connectivity index (χ4v) is 4.26.